The van der Waals surface area contributed by atoms with Gasteiger partial charge in [0, 0.05) is 36.3 Å². The zero-order valence-electron chi connectivity index (χ0n) is 11.9. The van der Waals surface area contributed by atoms with Gasteiger partial charge in [-0.05, 0) is 23.8 Å². The van der Waals surface area contributed by atoms with Crippen LogP contribution in [-0.4, -0.2) is 28.2 Å². The molecule has 2 heterocycles. The lowest BCUT2D eigenvalue weighted by Gasteiger charge is -2.15. The van der Waals surface area contributed by atoms with Crippen LogP contribution in [0.5, 0.6) is 0 Å². The van der Waals surface area contributed by atoms with E-state index in [-0.39, 0.29) is 18.2 Å². The van der Waals surface area contributed by atoms with E-state index < -0.39 is 5.92 Å². The summed E-state index contributed by atoms with van der Waals surface area (Å²) < 4.78 is 0. The number of rotatable bonds is 4. The molecule has 0 saturated carbocycles. The van der Waals surface area contributed by atoms with Crippen LogP contribution in [0, 0.1) is 0 Å². The second-order valence-corrected chi connectivity index (χ2v) is 5.64. The monoisotopic (exact) mass is 314 g/mol. The van der Waals surface area contributed by atoms with E-state index >= 15 is 0 Å². The van der Waals surface area contributed by atoms with Crippen molar-refractivity contribution < 1.29 is 9.59 Å². The molecule has 0 aliphatic carbocycles. The summed E-state index contributed by atoms with van der Waals surface area (Å²) in [6.45, 7) is 0.357. The van der Waals surface area contributed by atoms with Gasteiger partial charge in [-0.1, -0.05) is 35.9 Å². The van der Waals surface area contributed by atoms with Crippen LogP contribution in [0.15, 0.2) is 48.7 Å². The zero-order valence-corrected chi connectivity index (χ0v) is 12.7. The van der Waals surface area contributed by atoms with Crippen LogP contribution in [0.4, 0.5) is 0 Å². The molecule has 1 saturated heterocycles. The molecule has 0 unspecified atom stereocenters. The highest BCUT2D eigenvalue weighted by molar-refractivity contribution is 6.31. The number of amides is 2. The number of nitrogens with zero attached hydrogens (tertiary/aromatic N) is 2. The third kappa shape index (κ3) is 2.88. The van der Waals surface area contributed by atoms with Gasteiger partial charge in [-0.25, -0.2) is 0 Å². The molecule has 0 N–H and O–H groups in total. The van der Waals surface area contributed by atoms with Crippen molar-refractivity contribution in [3.8, 4) is 0 Å². The molecule has 1 aromatic heterocycles. The number of carbonyl (C=O) groups is 2. The van der Waals surface area contributed by atoms with Gasteiger partial charge < -0.3 is 0 Å². The molecule has 2 aromatic rings. The van der Waals surface area contributed by atoms with Gasteiger partial charge in [0.2, 0.25) is 11.8 Å². The molecule has 4 nitrogen and oxygen atoms in total. The summed E-state index contributed by atoms with van der Waals surface area (Å²) in [7, 11) is 0. The van der Waals surface area contributed by atoms with Crippen LogP contribution in [0.3, 0.4) is 0 Å². The predicted molar refractivity (Wildman–Crippen MR) is 83.5 cm³/mol. The minimum Gasteiger partial charge on any atom is -0.282 e. The number of benzene rings is 1. The van der Waals surface area contributed by atoms with Crippen molar-refractivity contribution >= 4 is 23.4 Å². The maximum atomic E-state index is 12.5. The van der Waals surface area contributed by atoms with Crippen molar-refractivity contribution in [1.29, 1.82) is 0 Å². The summed E-state index contributed by atoms with van der Waals surface area (Å²) in [6.07, 6.45) is 2.45. The molecule has 0 spiro atoms. The Balaban J connectivity index is 1.73. The Labute approximate surface area is 133 Å². The Hall–Kier alpha value is -2.20. The number of halogens is 1. The van der Waals surface area contributed by atoms with E-state index in [9.17, 15) is 9.59 Å². The maximum Gasteiger partial charge on any atom is 0.237 e. The van der Waals surface area contributed by atoms with Crippen molar-refractivity contribution in [1.82, 2.24) is 9.88 Å². The molecule has 0 radical (unpaired) electrons. The summed E-state index contributed by atoms with van der Waals surface area (Å²) in [5.41, 5.74) is 1.59. The lowest BCUT2D eigenvalue weighted by molar-refractivity contribution is -0.138. The number of imide groups is 1. The Morgan fingerprint density at radius 1 is 1.14 bits per heavy atom. The van der Waals surface area contributed by atoms with Crippen LogP contribution in [-0.2, 0) is 16.0 Å². The molecule has 1 atom stereocenters. The van der Waals surface area contributed by atoms with Gasteiger partial charge in [-0.3, -0.25) is 19.5 Å². The zero-order chi connectivity index (χ0) is 15.5. The van der Waals surface area contributed by atoms with Gasteiger partial charge >= 0.3 is 0 Å². The van der Waals surface area contributed by atoms with Gasteiger partial charge in [0.1, 0.15) is 0 Å². The smallest absolute Gasteiger partial charge is 0.237 e. The molecular weight excluding hydrogens is 300 g/mol. The SMILES string of the molecule is O=C1C[C@H](c2ccccc2Cl)C(=O)N1CCc1ccccn1. The number of aromatic nitrogens is 1. The summed E-state index contributed by atoms with van der Waals surface area (Å²) >= 11 is 6.15. The molecule has 3 rings (SSSR count). The van der Waals surface area contributed by atoms with Gasteiger partial charge in [-0.2, -0.15) is 0 Å². The fourth-order valence-electron chi connectivity index (χ4n) is 2.69. The summed E-state index contributed by atoms with van der Waals surface area (Å²) in [5.74, 6) is -0.787. The van der Waals surface area contributed by atoms with Crippen LogP contribution < -0.4 is 0 Å². The fourth-order valence-corrected chi connectivity index (χ4v) is 2.96. The summed E-state index contributed by atoms with van der Waals surface area (Å²) in [6, 6.07) is 12.8. The molecule has 1 aliphatic heterocycles. The van der Waals surface area contributed by atoms with Crippen LogP contribution in [0.1, 0.15) is 23.6 Å². The number of hydrogen-bond acceptors (Lipinski definition) is 3. The summed E-state index contributed by atoms with van der Waals surface area (Å²) in [4.78, 5) is 30.2. The topological polar surface area (TPSA) is 50.3 Å². The third-order valence-corrected chi connectivity index (χ3v) is 4.19. The fraction of sp³-hybridized carbons (Fsp3) is 0.235. The Kier molecular flexibility index (Phi) is 4.20. The van der Waals surface area contributed by atoms with Crippen molar-refractivity contribution in [3.63, 3.8) is 0 Å². The molecule has 1 aliphatic rings. The van der Waals surface area contributed by atoms with E-state index in [0.717, 1.165) is 11.3 Å². The average Bonchev–Trinajstić information content (AvgIpc) is 2.81. The van der Waals surface area contributed by atoms with Gasteiger partial charge in [0.05, 0.1) is 5.92 Å². The van der Waals surface area contributed by atoms with Crippen molar-refractivity contribution in [3.05, 3.63) is 64.9 Å². The first-order valence-corrected chi connectivity index (χ1v) is 7.53. The largest absolute Gasteiger partial charge is 0.282 e. The second-order valence-electron chi connectivity index (χ2n) is 5.23. The highest BCUT2D eigenvalue weighted by Gasteiger charge is 2.39. The number of hydrogen-bond donors (Lipinski definition) is 0. The van der Waals surface area contributed by atoms with E-state index in [0.29, 0.717) is 18.0 Å². The lowest BCUT2D eigenvalue weighted by atomic mass is 9.97. The van der Waals surface area contributed by atoms with Crippen LogP contribution in [0.2, 0.25) is 5.02 Å². The lowest BCUT2D eigenvalue weighted by Crippen LogP contribution is -2.32. The van der Waals surface area contributed by atoms with Gasteiger partial charge in [0.25, 0.3) is 0 Å². The number of pyridine rings is 1. The highest BCUT2D eigenvalue weighted by atomic mass is 35.5. The molecule has 1 aromatic carbocycles. The van der Waals surface area contributed by atoms with Crippen molar-refractivity contribution in [2.75, 3.05) is 6.54 Å². The Morgan fingerprint density at radius 2 is 1.91 bits per heavy atom. The first-order valence-electron chi connectivity index (χ1n) is 7.15. The predicted octanol–water partition coefficient (Wildman–Crippen LogP) is 2.82. The number of likely N-dealkylation sites (tertiary alicyclic amines) is 1. The molecule has 1 fully saturated rings. The normalized spacial score (nSPS) is 18.0. The quantitative estimate of drug-likeness (QED) is 0.815. The molecule has 112 valence electrons. The Bertz CT molecular complexity index is 703. The van der Waals surface area contributed by atoms with E-state index in [2.05, 4.69) is 4.98 Å². The van der Waals surface area contributed by atoms with Crippen molar-refractivity contribution in [2.45, 2.75) is 18.8 Å². The minimum atomic E-state index is -0.468. The van der Waals surface area contributed by atoms with Crippen LogP contribution >= 0.6 is 11.6 Å². The van der Waals surface area contributed by atoms with Gasteiger partial charge in [0.15, 0.2) is 0 Å². The molecule has 5 heteroatoms. The first-order chi connectivity index (χ1) is 10.7. The first kappa shape index (κ1) is 14.7. The van der Waals surface area contributed by atoms with Crippen molar-refractivity contribution in [2.24, 2.45) is 0 Å². The van der Waals surface area contributed by atoms with E-state index in [1.165, 1.54) is 4.90 Å². The number of carbonyl (C=O) groups excluding carboxylic acids is 2. The second kappa shape index (κ2) is 6.28. The molecule has 2 amide bonds. The molecular formula is C17H15ClN2O2. The molecule has 22 heavy (non-hydrogen) atoms. The average molecular weight is 315 g/mol. The van der Waals surface area contributed by atoms with E-state index in [1.54, 1.807) is 18.3 Å². The van der Waals surface area contributed by atoms with Crippen LogP contribution in [0.25, 0.3) is 0 Å². The van der Waals surface area contributed by atoms with Gasteiger partial charge in [-0.15, -0.1) is 0 Å². The third-order valence-electron chi connectivity index (χ3n) is 3.84. The Morgan fingerprint density at radius 3 is 2.64 bits per heavy atom. The standard InChI is InChI=1S/C17H15ClN2O2/c18-15-7-2-1-6-13(15)14-11-16(21)20(17(14)22)10-8-12-5-3-4-9-19-12/h1-7,9,14H,8,10-11H2/t14-/m1/s1. The van der Waals surface area contributed by atoms with E-state index in [1.807, 2.05) is 30.3 Å². The highest BCUT2D eigenvalue weighted by Crippen LogP contribution is 2.33. The summed E-state index contributed by atoms with van der Waals surface area (Å²) in [5, 5.41) is 0.528. The van der Waals surface area contributed by atoms with E-state index in [4.69, 9.17) is 11.6 Å². The minimum absolute atomic E-state index is 0.147. The maximum absolute atomic E-state index is 12.5. The molecule has 0 bridgehead atoms.